The summed E-state index contributed by atoms with van der Waals surface area (Å²) in [6, 6.07) is -0.255. The minimum atomic E-state index is -1.22. The van der Waals surface area contributed by atoms with Crippen molar-refractivity contribution in [3.05, 3.63) is 11.8 Å². The van der Waals surface area contributed by atoms with Gasteiger partial charge in [-0.25, -0.2) is 4.39 Å². The van der Waals surface area contributed by atoms with Gasteiger partial charge >= 0.3 is 0 Å². The molecule has 112 valence electrons. The average Bonchev–Trinajstić information content (AvgIpc) is 2.29. The summed E-state index contributed by atoms with van der Waals surface area (Å²) in [4.78, 5) is 11.8. The van der Waals surface area contributed by atoms with Gasteiger partial charge in [0.25, 0.3) is 0 Å². The Kier molecular flexibility index (Phi) is 7.72. The molecule has 0 aliphatic rings. The Bertz CT molecular complexity index is 306. The summed E-state index contributed by atoms with van der Waals surface area (Å²) in [6.45, 7) is 9.29. The van der Waals surface area contributed by atoms with E-state index < -0.39 is 5.67 Å². The van der Waals surface area contributed by atoms with Crippen molar-refractivity contribution in [1.29, 1.82) is 0 Å². The molecule has 4 heteroatoms. The van der Waals surface area contributed by atoms with Crippen molar-refractivity contribution in [2.45, 2.75) is 65.6 Å². The normalized spacial score (nSPS) is 14.4. The number of hydrogen-bond acceptors (Lipinski definition) is 2. The van der Waals surface area contributed by atoms with Crippen LogP contribution in [0.5, 0.6) is 0 Å². The molecule has 0 saturated heterocycles. The first-order chi connectivity index (χ1) is 8.69. The second-order valence-corrected chi connectivity index (χ2v) is 6.01. The van der Waals surface area contributed by atoms with E-state index >= 15 is 0 Å². The molecule has 0 aromatic rings. The standard InChI is InChI=1S/C15H29FN2O/c1-7-12(9-15(4,5)16)10-18-13(8-11(2)3)14(19)17-6/h10-11,13,18H,7-9H2,1-6H3,(H,17,19)/b12-10-. The number of rotatable bonds is 8. The lowest BCUT2D eigenvalue weighted by Gasteiger charge is -2.20. The minimum Gasteiger partial charge on any atom is -0.380 e. The number of amides is 1. The fourth-order valence-electron chi connectivity index (χ4n) is 1.93. The summed E-state index contributed by atoms with van der Waals surface area (Å²) in [5.74, 6) is 0.394. The SMILES string of the molecule is CC/C(=C/NC(CC(C)C)C(=O)NC)CC(C)(C)F. The van der Waals surface area contributed by atoms with Gasteiger partial charge in [-0.1, -0.05) is 26.3 Å². The molecule has 0 aliphatic carbocycles. The first-order valence-electron chi connectivity index (χ1n) is 7.04. The van der Waals surface area contributed by atoms with Crippen LogP contribution in [0.3, 0.4) is 0 Å². The molecule has 1 unspecified atom stereocenters. The van der Waals surface area contributed by atoms with E-state index in [4.69, 9.17) is 0 Å². The van der Waals surface area contributed by atoms with Crippen LogP contribution in [-0.2, 0) is 4.79 Å². The molecule has 1 atom stereocenters. The van der Waals surface area contributed by atoms with Crippen molar-refractivity contribution < 1.29 is 9.18 Å². The molecular weight excluding hydrogens is 243 g/mol. The number of halogens is 1. The molecule has 0 aliphatic heterocycles. The van der Waals surface area contributed by atoms with E-state index in [1.807, 2.05) is 13.1 Å². The van der Waals surface area contributed by atoms with Crippen molar-refractivity contribution >= 4 is 5.91 Å². The highest BCUT2D eigenvalue weighted by Crippen LogP contribution is 2.21. The zero-order chi connectivity index (χ0) is 15.1. The third-order valence-electron chi connectivity index (χ3n) is 2.86. The maximum absolute atomic E-state index is 13.6. The van der Waals surface area contributed by atoms with Gasteiger partial charge in [-0.3, -0.25) is 4.79 Å². The molecule has 0 bridgehead atoms. The van der Waals surface area contributed by atoms with Crippen molar-refractivity contribution in [1.82, 2.24) is 10.6 Å². The van der Waals surface area contributed by atoms with Crippen molar-refractivity contribution in [2.75, 3.05) is 7.05 Å². The Balaban J connectivity index is 4.68. The highest BCUT2D eigenvalue weighted by molar-refractivity contribution is 5.81. The lowest BCUT2D eigenvalue weighted by molar-refractivity contribution is -0.122. The van der Waals surface area contributed by atoms with E-state index in [-0.39, 0.29) is 11.9 Å². The van der Waals surface area contributed by atoms with Crippen molar-refractivity contribution in [3.8, 4) is 0 Å². The summed E-state index contributed by atoms with van der Waals surface area (Å²) < 4.78 is 13.6. The lowest BCUT2D eigenvalue weighted by atomic mass is 9.98. The number of carbonyl (C=O) groups is 1. The van der Waals surface area contributed by atoms with E-state index in [0.29, 0.717) is 12.3 Å². The molecule has 0 saturated carbocycles. The first kappa shape index (κ1) is 17.9. The van der Waals surface area contributed by atoms with Crippen molar-refractivity contribution in [2.24, 2.45) is 5.92 Å². The maximum atomic E-state index is 13.6. The Morgan fingerprint density at radius 1 is 1.37 bits per heavy atom. The van der Waals surface area contributed by atoms with Crippen molar-refractivity contribution in [3.63, 3.8) is 0 Å². The molecule has 19 heavy (non-hydrogen) atoms. The van der Waals surface area contributed by atoms with Gasteiger partial charge in [-0.05, 0) is 38.8 Å². The van der Waals surface area contributed by atoms with Crippen LogP contribution in [0.25, 0.3) is 0 Å². The third-order valence-corrected chi connectivity index (χ3v) is 2.86. The van der Waals surface area contributed by atoms with Gasteiger partial charge in [0.15, 0.2) is 0 Å². The van der Waals surface area contributed by atoms with Crippen LogP contribution in [0.15, 0.2) is 11.8 Å². The van der Waals surface area contributed by atoms with E-state index in [1.54, 1.807) is 20.9 Å². The maximum Gasteiger partial charge on any atom is 0.242 e. The zero-order valence-electron chi connectivity index (χ0n) is 13.1. The number of hydrogen-bond donors (Lipinski definition) is 2. The van der Waals surface area contributed by atoms with Gasteiger partial charge in [-0.15, -0.1) is 0 Å². The summed E-state index contributed by atoms with van der Waals surface area (Å²) in [5.41, 5.74) is -0.227. The largest absolute Gasteiger partial charge is 0.380 e. The summed E-state index contributed by atoms with van der Waals surface area (Å²) in [7, 11) is 1.63. The fourth-order valence-corrected chi connectivity index (χ4v) is 1.93. The highest BCUT2D eigenvalue weighted by Gasteiger charge is 2.19. The van der Waals surface area contributed by atoms with Crippen LogP contribution in [0, 0.1) is 5.92 Å². The highest BCUT2D eigenvalue weighted by atomic mass is 19.1. The van der Waals surface area contributed by atoms with Gasteiger partial charge in [-0.2, -0.15) is 0 Å². The average molecular weight is 272 g/mol. The number of alkyl halides is 1. The quantitative estimate of drug-likeness (QED) is 0.712. The van der Waals surface area contributed by atoms with Crippen LogP contribution in [-0.4, -0.2) is 24.7 Å². The number of allylic oxidation sites excluding steroid dienone is 1. The number of nitrogens with one attached hydrogen (secondary N) is 2. The Hall–Kier alpha value is -1.06. The van der Waals surface area contributed by atoms with E-state index in [2.05, 4.69) is 24.5 Å². The van der Waals surface area contributed by atoms with Gasteiger partial charge < -0.3 is 10.6 Å². The molecule has 0 rings (SSSR count). The molecule has 1 amide bonds. The van der Waals surface area contributed by atoms with Gasteiger partial charge in [0.2, 0.25) is 5.91 Å². The molecule has 0 spiro atoms. The van der Waals surface area contributed by atoms with E-state index in [1.165, 1.54) is 0 Å². The smallest absolute Gasteiger partial charge is 0.242 e. The topological polar surface area (TPSA) is 41.1 Å². The molecule has 0 heterocycles. The molecule has 3 nitrogen and oxygen atoms in total. The summed E-state index contributed by atoms with van der Waals surface area (Å²) >= 11 is 0. The van der Waals surface area contributed by atoms with Gasteiger partial charge in [0.05, 0.1) is 0 Å². The molecule has 0 aromatic heterocycles. The van der Waals surface area contributed by atoms with E-state index in [0.717, 1.165) is 18.4 Å². The van der Waals surface area contributed by atoms with Gasteiger partial charge in [0, 0.05) is 13.5 Å². The molecule has 0 aromatic carbocycles. The molecule has 2 N–H and O–H groups in total. The minimum absolute atomic E-state index is 0.0279. The first-order valence-corrected chi connectivity index (χ1v) is 7.04. The Morgan fingerprint density at radius 2 is 1.95 bits per heavy atom. The molecule has 0 fully saturated rings. The predicted molar refractivity (Wildman–Crippen MR) is 78.6 cm³/mol. The van der Waals surface area contributed by atoms with Crippen LogP contribution in [0.4, 0.5) is 4.39 Å². The zero-order valence-corrected chi connectivity index (χ0v) is 13.1. The summed E-state index contributed by atoms with van der Waals surface area (Å²) in [5, 5.41) is 5.79. The summed E-state index contributed by atoms with van der Waals surface area (Å²) in [6.07, 6.45) is 3.73. The number of likely N-dealkylation sites (N-methyl/N-ethyl adjacent to an activating group) is 1. The Labute approximate surface area is 117 Å². The third kappa shape index (κ3) is 8.62. The Morgan fingerprint density at radius 3 is 2.32 bits per heavy atom. The fraction of sp³-hybridized carbons (Fsp3) is 0.800. The monoisotopic (exact) mass is 272 g/mol. The van der Waals surface area contributed by atoms with E-state index in [9.17, 15) is 9.18 Å². The second kappa shape index (κ2) is 8.18. The van der Waals surface area contributed by atoms with Crippen LogP contribution in [0.1, 0.15) is 53.9 Å². The molecular formula is C15H29FN2O. The van der Waals surface area contributed by atoms with Crippen LogP contribution in [0.2, 0.25) is 0 Å². The number of carbonyl (C=O) groups excluding carboxylic acids is 1. The second-order valence-electron chi connectivity index (χ2n) is 6.01. The predicted octanol–water partition coefficient (Wildman–Crippen LogP) is 3.17. The van der Waals surface area contributed by atoms with Crippen LogP contribution < -0.4 is 10.6 Å². The van der Waals surface area contributed by atoms with Crippen LogP contribution >= 0.6 is 0 Å². The molecule has 0 radical (unpaired) electrons. The lowest BCUT2D eigenvalue weighted by Crippen LogP contribution is -2.41. The van der Waals surface area contributed by atoms with Gasteiger partial charge in [0.1, 0.15) is 11.7 Å².